The Morgan fingerprint density at radius 3 is 2.89 bits per heavy atom. The molecular formula is C15H19BrFN. The van der Waals surface area contributed by atoms with Crippen LogP contribution in [0.15, 0.2) is 34.3 Å². The van der Waals surface area contributed by atoms with Crippen molar-refractivity contribution >= 4 is 15.9 Å². The molecule has 1 aliphatic carbocycles. The molecule has 1 aliphatic rings. The molecule has 0 spiro atoms. The van der Waals surface area contributed by atoms with Crippen molar-refractivity contribution in [1.82, 2.24) is 5.32 Å². The Hall–Kier alpha value is -0.670. The predicted octanol–water partition coefficient (Wildman–Crippen LogP) is 4.57. The summed E-state index contributed by atoms with van der Waals surface area (Å²) in [6.45, 7) is 1.71. The molecule has 2 rings (SSSR count). The van der Waals surface area contributed by atoms with Crippen LogP contribution >= 0.6 is 15.9 Å². The number of halogens is 2. The molecule has 1 nitrogen and oxygen atoms in total. The maximum atomic E-state index is 13.3. The maximum absolute atomic E-state index is 13.3. The minimum absolute atomic E-state index is 0.190. The Bertz CT molecular complexity index is 429. The smallest absolute Gasteiger partial charge is 0.137 e. The number of rotatable bonds is 5. The van der Waals surface area contributed by atoms with Crippen molar-refractivity contribution in [2.75, 3.05) is 6.54 Å². The first kappa shape index (κ1) is 13.8. The molecule has 0 bridgehead atoms. The summed E-state index contributed by atoms with van der Waals surface area (Å²) in [6.07, 6.45) is 8.68. The molecule has 0 saturated heterocycles. The molecule has 0 aliphatic heterocycles. The van der Waals surface area contributed by atoms with Gasteiger partial charge in [-0.2, -0.15) is 0 Å². The van der Waals surface area contributed by atoms with Gasteiger partial charge in [0.05, 0.1) is 4.47 Å². The second kappa shape index (κ2) is 7.05. The number of hydrogen-bond donors (Lipinski definition) is 1. The van der Waals surface area contributed by atoms with Crippen molar-refractivity contribution in [1.29, 1.82) is 0 Å². The van der Waals surface area contributed by atoms with E-state index < -0.39 is 0 Å². The second-order valence-corrected chi connectivity index (χ2v) is 5.64. The lowest BCUT2D eigenvalue weighted by atomic mass is 9.97. The predicted molar refractivity (Wildman–Crippen MR) is 77.0 cm³/mol. The number of benzene rings is 1. The molecule has 0 aromatic heterocycles. The van der Waals surface area contributed by atoms with Crippen molar-refractivity contribution in [2.45, 2.75) is 38.6 Å². The molecule has 0 fully saturated rings. The number of hydrogen-bond acceptors (Lipinski definition) is 1. The highest BCUT2D eigenvalue weighted by atomic mass is 79.9. The van der Waals surface area contributed by atoms with Crippen LogP contribution in [0.2, 0.25) is 0 Å². The molecule has 0 radical (unpaired) electrons. The van der Waals surface area contributed by atoms with E-state index in [1.54, 1.807) is 17.7 Å². The fourth-order valence-electron chi connectivity index (χ4n) is 2.26. The normalized spacial score (nSPS) is 15.6. The van der Waals surface area contributed by atoms with E-state index >= 15 is 0 Å². The first-order valence-corrected chi connectivity index (χ1v) is 7.37. The Labute approximate surface area is 117 Å². The van der Waals surface area contributed by atoms with Crippen LogP contribution < -0.4 is 5.32 Å². The zero-order valence-electron chi connectivity index (χ0n) is 10.5. The van der Waals surface area contributed by atoms with Crippen molar-refractivity contribution in [3.63, 3.8) is 0 Å². The molecule has 0 atom stereocenters. The van der Waals surface area contributed by atoms with E-state index in [0.29, 0.717) is 4.47 Å². The molecule has 0 heterocycles. The summed E-state index contributed by atoms with van der Waals surface area (Å²) in [4.78, 5) is 0. The van der Waals surface area contributed by atoms with E-state index in [1.165, 1.54) is 25.7 Å². The van der Waals surface area contributed by atoms with Crippen LogP contribution in [0.25, 0.3) is 0 Å². The average Bonchev–Trinajstić information content (AvgIpc) is 2.40. The Balaban J connectivity index is 1.71. The van der Waals surface area contributed by atoms with Crippen molar-refractivity contribution in [2.24, 2.45) is 0 Å². The van der Waals surface area contributed by atoms with E-state index in [4.69, 9.17) is 0 Å². The van der Waals surface area contributed by atoms with Crippen LogP contribution in [-0.2, 0) is 6.54 Å². The maximum Gasteiger partial charge on any atom is 0.137 e. The van der Waals surface area contributed by atoms with Gasteiger partial charge >= 0.3 is 0 Å². The van der Waals surface area contributed by atoms with Gasteiger partial charge in [0.1, 0.15) is 5.82 Å². The van der Waals surface area contributed by atoms with E-state index in [-0.39, 0.29) is 5.82 Å². The van der Waals surface area contributed by atoms with Crippen LogP contribution in [0.1, 0.15) is 37.7 Å². The monoisotopic (exact) mass is 311 g/mol. The standard InChI is InChI=1S/C15H19BrFN/c16-14-7-6-13(10-15(14)17)11-18-9-8-12-4-2-1-3-5-12/h4,6-7,10,18H,1-3,5,8-9,11H2. The summed E-state index contributed by atoms with van der Waals surface area (Å²) in [5, 5.41) is 3.37. The highest BCUT2D eigenvalue weighted by Crippen LogP contribution is 2.19. The third kappa shape index (κ3) is 4.21. The molecule has 0 saturated carbocycles. The van der Waals surface area contributed by atoms with Gasteiger partial charge in [-0.05, 0) is 72.3 Å². The Morgan fingerprint density at radius 2 is 2.17 bits per heavy atom. The topological polar surface area (TPSA) is 12.0 Å². The van der Waals surface area contributed by atoms with Gasteiger partial charge in [0, 0.05) is 6.54 Å². The summed E-state index contributed by atoms with van der Waals surface area (Å²) < 4.78 is 13.8. The van der Waals surface area contributed by atoms with Crippen LogP contribution in [0, 0.1) is 5.82 Å². The summed E-state index contributed by atoms with van der Waals surface area (Å²) >= 11 is 3.16. The summed E-state index contributed by atoms with van der Waals surface area (Å²) in [6, 6.07) is 5.28. The van der Waals surface area contributed by atoms with Crippen molar-refractivity contribution < 1.29 is 4.39 Å². The van der Waals surface area contributed by atoms with Gasteiger partial charge < -0.3 is 5.32 Å². The Kier molecular flexibility index (Phi) is 5.39. The average molecular weight is 312 g/mol. The molecule has 3 heteroatoms. The third-order valence-corrected chi connectivity index (χ3v) is 3.96. The lowest BCUT2D eigenvalue weighted by Gasteiger charge is -2.13. The van der Waals surface area contributed by atoms with Crippen LogP contribution in [0.4, 0.5) is 4.39 Å². The summed E-state index contributed by atoms with van der Waals surface area (Å²) in [5.41, 5.74) is 2.57. The van der Waals surface area contributed by atoms with Gasteiger partial charge in [-0.3, -0.25) is 0 Å². The molecule has 18 heavy (non-hydrogen) atoms. The van der Waals surface area contributed by atoms with Crippen LogP contribution in [0.5, 0.6) is 0 Å². The fourth-order valence-corrected chi connectivity index (χ4v) is 2.51. The lowest BCUT2D eigenvalue weighted by Crippen LogP contribution is -2.15. The van der Waals surface area contributed by atoms with Gasteiger partial charge in [0.25, 0.3) is 0 Å². The second-order valence-electron chi connectivity index (χ2n) is 4.78. The van der Waals surface area contributed by atoms with E-state index in [0.717, 1.165) is 25.1 Å². The minimum Gasteiger partial charge on any atom is -0.312 e. The lowest BCUT2D eigenvalue weighted by molar-refractivity contribution is 0.609. The SMILES string of the molecule is Fc1cc(CNCCC2=CCCCC2)ccc1Br. The van der Waals surface area contributed by atoms with Gasteiger partial charge in [0.15, 0.2) is 0 Å². The molecular weight excluding hydrogens is 293 g/mol. The van der Waals surface area contributed by atoms with E-state index in [2.05, 4.69) is 27.3 Å². The van der Waals surface area contributed by atoms with Crippen molar-refractivity contribution in [3.8, 4) is 0 Å². The van der Waals surface area contributed by atoms with Crippen LogP contribution in [0.3, 0.4) is 0 Å². The minimum atomic E-state index is -0.190. The quantitative estimate of drug-likeness (QED) is 0.620. The molecule has 1 N–H and O–H groups in total. The van der Waals surface area contributed by atoms with Gasteiger partial charge in [0.2, 0.25) is 0 Å². The zero-order valence-corrected chi connectivity index (χ0v) is 12.1. The molecule has 0 amide bonds. The van der Waals surface area contributed by atoms with Gasteiger partial charge in [-0.25, -0.2) is 4.39 Å². The third-order valence-electron chi connectivity index (χ3n) is 3.32. The zero-order chi connectivity index (χ0) is 12.8. The van der Waals surface area contributed by atoms with E-state index in [1.807, 2.05) is 6.07 Å². The highest BCUT2D eigenvalue weighted by Gasteiger charge is 2.03. The van der Waals surface area contributed by atoms with Crippen molar-refractivity contribution in [3.05, 3.63) is 45.7 Å². The molecule has 1 aromatic rings. The summed E-state index contributed by atoms with van der Waals surface area (Å²) in [7, 11) is 0. The first-order valence-electron chi connectivity index (χ1n) is 6.58. The summed E-state index contributed by atoms with van der Waals surface area (Å²) in [5.74, 6) is -0.190. The molecule has 0 unspecified atom stereocenters. The van der Waals surface area contributed by atoms with Gasteiger partial charge in [-0.15, -0.1) is 0 Å². The molecule has 1 aromatic carbocycles. The highest BCUT2D eigenvalue weighted by molar-refractivity contribution is 9.10. The first-order chi connectivity index (χ1) is 8.75. The van der Waals surface area contributed by atoms with E-state index in [9.17, 15) is 4.39 Å². The fraction of sp³-hybridized carbons (Fsp3) is 0.467. The largest absolute Gasteiger partial charge is 0.312 e. The number of allylic oxidation sites excluding steroid dienone is 1. The number of nitrogens with one attached hydrogen (secondary N) is 1. The molecule has 98 valence electrons. The van der Waals surface area contributed by atoms with Gasteiger partial charge in [-0.1, -0.05) is 17.7 Å². The van der Waals surface area contributed by atoms with Crippen LogP contribution in [-0.4, -0.2) is 6.54 Å². The Morgan fingerprint density at radius 1 is 1.28 bits per heavy atom.